The molecular formula is C20H27N3O3. The molecule has 0 unspecified atom stereocenters. The van der Waals surface area contributed by atoms with Crippen LogP contribution >= 0.6 is 0 Å². The number of hydrogen-bond donors (Lipinski definition) is 2. The van der Waals surface area contributed by atoms with Crippen molar-refractivity contribution in [1.29, 1.82) is 0 Å². The van der Waals surface area contributed by atoms with Crippen LogP contribution in [0.2, 0.25) is 0 Å². The predicted octanol–water partition coefficient (Wildman–Crippen LogP) is 3.46. The highest BCUT2D eigenvalue weighted by Gasteiger charge is 2.05. The first-order valence-corrected chi connectivity index (χ1v) is 8.67. The van der Waals surface area contributed by atoms with E-state index in [9.17, 15) is 0 Å². The molecule has 0 bridgehead atoms. The van der Waals surface area contributed by atoms with Gasteiger partial charge in [0.05, 0.1) is 20.8 Å². The molecule has 0 radical (unpaired) electrons. The summed E-state index contributed by atoms with van der Waals surface area (Å²) in [6.07, 6.45) is 1.78. The molecule has 0 saturated heterocycles. The van der Waals surface area contributed by atoms with Crippen LogP contribution in [-0.4, -0.2) is 33.3 Å². The summed E-state index contributed by atoms with van der Waals surface area (Å²) < 4.78 is 16.1. The summed E-state index contributed by atoms with van der Waals surface area (Å²) in [5.41, 5.74) is 7.93. The van der Waals surface area contributed by atoms with E-state index in [-0.39, 0.29) is 0 Å². The third-order valence-corrected chi connectivity index (χ3v) is 3.71. The molecule has 0 spiro atoms. The van der Waals surface area contributed by atoms with Crippen LogP contribution in [0.25, 0.3) is 0 Å². The Morgan fingerprint density at radius 1 is 1.08 bits per heavy atom. The Labute approximate surface area is 155 Å². The van der Waals surface area contributed by atoms with E-state index in [0.717, 1.165) is 30.9 Å². The van der Waals surface area contributed by atoms with Crippen LogP contribution in [0.15, 0.2) is 47.5 Å². The molecule has 2 aromatic carbocycles. The van der Waals surface area contributed by atoms with Crippen molar-refractivity contribution < 1.29 is 14.2 Å². The number of hydrogen-bond acceptors (Lipinski definition) is 4. The minimum absolute atomic E-state index is 0.357. The van der Waals surface area contributed by atoms with Gasteiger partial charge in [-0.15, -0.1) is 0 Å². The fourth-order valence-electron chi connectivity index (χ4n) is 2.42. The number of aliphatic imine (C=N–C) groups is 1. The highest BCUT2D eigenvalue weighted by molar-refractivity contribution is 5.92. The highest BCUT2D eigenvalue weighted by atomic mass is 16.5. The second kappa shape index (κ2) is 10.2. The third kappa shape index (κ3) is 5.88. The highest BCUT2D eigenvalue weighted by Crippen LogP contribution is 2.29. The van der Waals surface area contributed by atoms with Gasteiger partial charge in [0.15, 0.2) is 17.5 Å². The van der Waals surface area contributed by atoms with E-state index in [4.69, 9.17) is 19.9 Å². The summed E-state index contributed by atoms with van der Waals surface area (Å²) in [7, 11) is 3.19. The lowest BCUT2D eigenvalue weighted by molar-refractivity contribution is 0.317. The molecule has 0 heterocycles. The van der Waals surface area contributed by atoms with Crippen molar-refractivity contribution in [2.75, 3.05) is 32.7 Å². The van der Waals surface area contributed by atoms with E-state index in [1.165, 1.54) is 5.56 Å². The molecule has 3 N–H and O–H groups in total. The molecular weight excluding hydrogens is 330 g/mol. The lowest BCUT2D eigenvalue weighted by atomic mass is 10.1. The molecule has 2 aromatic rings. The fourth-order valence-corrected chi connectivity index (χ4v) is 2.42. The topological polar surface area (TPSA) is 78.1 Å². The van der Waals surface area contributed by atoms with Crippen molar-refractivity contribution in [2.24, 2.45) is 10.7 Å². The minimum Gasteiger partial charge on any atom is -0.494 e. The first-order chi connectivity index (χ1) is 12.7. The van der Waals surface area contributed by atoms with Crippen LogP contribution in [0.5, 0.6) is 17.2 Å². The normalized spacial score (nSPS) is 11.1. The minimum atomic E-state index is 0.357. The van der Waals surface area contributed by atoms with Crippen molar-refractivity contribution in [2.45, 2.75) is 19.8 Å². The molecule has 0 amide bonds. The van der Waals surface area contributed by atoms with Crippen LogP contribution in [0, 0.1) is 0 Å². The summed E-state index contributed by atoms with van der Waals surface area (Å²) >= 11 is 0. The molecule has 0 fully saturated rings. The zero-order valence-electron chi connectivity index (χ0n) is 15.6. The van der Waals surface area contributed by atoms with Gasteiger partial charge < -0.3 is 25.3 Å². The average Bonchev–Trinajstić information content (AvgIpc) is 2.66. The molecule has 6 nitrogen and oxygen atoms in total. The summed E-state index contributed by atoms with van der Waals surface area (Å²) in [5.74, 6) is 2.55. The first-order valence-electron chi connectivity index (χ1n) is 8.67. The van der Waals surface area contributed by atoms with Crippen LogP contribution in [0.3, 0.4) is 0 Å². The van der Waals surface area contributed by atoms with Crippen molar-refractivity contribution in [3.05, 3.63) is 48.0 Å². The lowest BCUT2D eigenvalue weighted by Gasteiger charge is -2.11. The van der Waals surface area contributed by atoms with Gasteiger partial charge in [-0.1, -0.05) is 19.1 Å². The van der Waals surface area contributed by atoms with Crippen LogP contribution in [0.1, 0.15) is 18.9 Å². The Hall–Kier alpha value is -2.89. The van der Waals surface area contributed by atoms with E-state index in [1.807, 2.05) is 36.4 Å². The second-order valence-electron chi connectivity index (χ2n) is 5.71. The van der Waals surface area contributed by atoms with Gasteiger partial charge in [0.1, 0.15) is 5.75 Å². The molecule has 0 aliphatic heterocycles. The lowest BCUT2D eigenvalue weighted by Crippen LogP contribution is -2.23. The zero-order valence-corrected chi connectivity index (χ0v) is 15.6. The van der Waals surface area contributed by atoms with Crippen LogP contribution in [0.4, 0.5) is 5.69 Å². The first kappa shape index (κ1) is 19.4. The monoisotopic (exact) mass is 357 g/mol. The van der Waals surface area contributed by atoms with E-state index >= 15 is 0 Å². The summed E-state index contributed by atoms with van der Waals surface area (Å²) in [6, 6.07) is 13.6. The Morgan fingerprint density at radius 3 is 2.62 bits per heavy atom. The Bertz CT molecular complexity index is 732. The molecule has 26 heavy (non-hydrogen) atoms. The number of nitrogens with one attached hydrogen (secondary N) is 1. The standard InChI is InChI=1S/C20H27N3O3/c1-4-12-26-17-7-5-6-15(13-17)10-11-22-20(21)23-16-8-9-18(24-2)19(14-16)25-3/h5-9,13-14H,4,10-12H2,1-3H3,(H3,21,22,23). The maximum absolute atomic E-state index is 5.97. The summed E-state index contributed by atoms with van der Waals surface area (Å²) in [5, 5.41) is 3.06. The number of methoxy groups -OCH3 is 2. The van der Waals surface area contributed by atoms with Gasteiger partial charge in [-0.25, -0.2) is 0 Å². The quantitative estimate of drug-likeness (QED) is 0.531. The molecule has 0 aliphatic rings. The van der Waals surface area contributed by atoms with Crippen molar-refractivity contribution in [3.63, 3.8) is 0 Å². The maximum atomic E-state index is 5.97. The van der Waals surface area contributed by atoms with Crippen LogP contribution < -0.4 is 25.3 Å². The maximum Gasteiger partial charge on any atom is 0.193 e. The second-order valence-corrected chi connectivity index (χ2v) is 5.71. The molecule has 2 rings (SSSR count). The SMILES string of the molecule is CCCOc1cccc(CCN=C(N)Nc2ccc(OC)c(OC)c2)c1. The van der Waals surface area contributed by atoms with Gasteiger partial charge in [0.2, 0.25) is 0 Å². The number of nitrogens with zero attached hydrogens (tertiary/aromatic N) is 1. The molecule has 140 valence electrons. The molecule has 0 atom stereocenters. The van der Waals surface area contributed by atoms with Gasteiger partial charge in [-0.05, 0) is 42.7 Å². The van der Waals surface area contributed by atoms with Crippen molar-refractivity contribution in [3.8, 4) is 17.2 Å². The number of ether oxygens (including phenoxy) is 3. The zero-order chi connectivity index (χ0) is 18.8. The molecule has 0 saturated carbocycles. The van der Waals surface area contributed by atoms with Crippen molar-refractivity contribution in [1.82, 2.24) is 0 Å². The molecule has 6 heteroatoms. The van der Waals surface area contributed by atoms with E-state index < -0.39 is 0 Å². The Balaban J connectivity index is 1.90. The third-order valence-electron chi connectivity index (χ3n) is 3.71. The van der Waals surface area contributed by atoms with Gasteiger partial charge >= 0.3 is 0 Å². The Morgan fingerprint density at radius 2 is 1.88 bits per heavy atom. The van der Waals surface area contributed by atoms with E-state index in [0.29, 0.717) is 24.0 Å². The van der Waals surface area contributed by atoms with Gasteiger partial charge in [-0.3, -0.25) is 4.99 Å². The number of guanidine groups is 1. The van der Waals surface area contributed by atoms with Crippen LogP contribution in [-0.2, 0) is 6.42 Å². The molecule has 0 aliphatic carbocycles. The van der Waals surface area contributed by atoms with Crippen molar-refractivity contribution >= 4 is 11.6 Å². The largest absolute Gasteiger partial charge is 0.494 e. The predicted molar refractivity (Wildman–Crippen MR) is 106 cm³/mol. The van der Waals surface area contributed by atoms with E-state index in [2.05, 4.69) is 23.3 Å². The average molecular weight is 357 g/mol. The van der Waals surface area contributed by atoms with E-state index in [1.54, 1.807) is 14.2 Å². The van der Waals surface area contributed by atoms with Gasteiger partial charge in [0, 0.05) is 18.3 Å². The molecule has 0 aromatic heterocycles. The smallest absolute Gasteiger partial charge is 0.193 e. The number of benzene rings is 2. The number of anilines is 1. The Kier molecular flexibility index (Phi) is 7.61. The fraction of sp³-hybridized carbons (Fsp3) is 0.350. The number of rotatable bonds is 9. The summed E-state index contributed by atoms with van der Waals surface area (Å²) in [4.78, 5) is 4.38. The number of nitrogens with two attached hydrogens (primary N) is 1. The van der Waals surface area contributed by atoms with Gasteiger partial charge in [0.25, 0.3) is 0 Å². The summed E-state index contributed by atoms with van der Waals surface area (Å²) in [6.45, 7) is 3.40. The van der Waals surface area contributed by atoms with Gasteiger partial charge in [-0.2, -0.15) is 0 Å².